The largest absolute Gasteiger partial charge is 0.469 e. The highest BCUT2D eigenvalue weighted by Crippen LogP contribution is 2.08. The highest BCUT2D eigenvalue weighted by Gasteiger charge is 2.19. The van der Waals surface area contributed by atoms with E-state index in [2.05, 4.69) is 5.32 Å². The Bertz CT molecular complexity index is 341. The van der Waals surface area contributed by atoms with Gasteiger partial charge in [0.25, 0.3) is 0 Å². The Hall–Kier alpha value is -1.49. The lowest BCUT2D eigenvalue weighted by atomic mass is 10.1. The van der Waals surface area contributed by atoms with E-state index in [-0.39, 0.29) is 6.04 Å². The molecule has 0 spiro atoms. The molecule has 0 fully saturated rings. The van der Waals surface area contributed by atoms with Crippen LogP contribution in [0, 0.1) is 0 Å². The highest BCUT2D eigenvalue weighted by molar-refractivity contribution is 5.68. The van der Waals surface area contributed by atoms with Crippen LogP contribution in [-0.2, 0) is 11.2 Å². The van der Waals surface area contributed by atoms with E-state index in [1.165, 1.54) is 0 Å². The molecule has 0 aliphatic heterocycles. The molecule has 0 bridgehead atoms. The van der Waals surface area contributed by atoms with Crippen LogP contribution in [0.1, 0.15) is 26.5 Å². The summed E-state index contributed by atoms with van der Waals surface area (Å²) in [6.07, 6.45) is 1.69. The van der Waals surface area contributed by atoms with E-state index < -0.39 is 11.7 Å². The SMILES string of the molecule is CC(C)(C)OC(=O)NC(CN)Cc1ccco1. The van der Waals surface area contributed by atoms with E-state index >= 15 is 0 Å². The summed E-state index contributed by atoms with van der Waals surface area (Å²) < 4.78 is 10.4. The molecule has 1 aromatic heterocycles. The van der Waals surface area contributed by atoms with Crippen molar-refractivity contribution in [2.24, 2.45) is 5.73 Å². The third-order valence-corrected chi connectivity index (χ3v) is 2.03. The minimum Gasteiger partial charge on any atom is -0.469 e. The second-order valence-electron chi connectivity index (χ2n) is 4.86. The zero-order valence-corrected chi connectivity index (χ0v) is 10.5. The lowest BCUT2D eigenvalue weighted by Crippen LogP contribution is -2.44. The van der Waals surface area contributed by atoms with Gasteiger partial charge in [-0.3, -0.25) is 0 Å². The maximum absolute atomic E-state index is 11.5. The fourth-order valence-electron chi connectivity index (χ4n) is 1.34. The number of furan rings is 1. The van der Waals surface area contributed by atoms with Crippen LogP contribution in [0.4, 0.5) is 4.79 Å². The van der Waals surface area contributed by atoms with Crippen molar-refractivity contribution in [2.45, 2.75) is 38.8 Å². The number of nitrogens with one attached hydrogen (secondary N) is 1. The smallest absolute Gasteiger partial charge is 0.407 e. The number of rotatable bonds is 4. The van der Waals surface area contributed by atoms with Gasteiger partial charge in [0.15, 0.2) is 0 Å². The molecule has 5 heteroatoms. The highest BCUT2D eigenvalue weighted by atomic mass is 16.6. The first-order valence-electron chi connectivity index (χ1n) is 5.62. The Morgan fingerprint density at radius 1 is 1.59 bits per heavy atom. The zero-order chi connectivity index (χ0) is 12.9. The third kappa shape index (κ3) is 5.40. The average Bonchev–Trinajstić information content (AvgIpc) is 2.66. The molecule has 0 saturated carbocycles. The van der Waals surface area contributed by atoms with Gasteiger partial charge >= 0.3 is 6.09 Å². The molecule has 0 aliphatic rings. The van der Waals surface area contributed by atoms with Crippen LogP contribution in [0.2, 0.25) is 0 Å². The molecule has 96 valence electrons. The van der Waals surface area contributed by atoms with Crippen LogP contribution in [-0.4, -0.2) is 24.3 Å². The third-order valence-electron chi connectivity index (χ3n) is 2.03. The molecule has 1 unspecified atom stereocenters. The zero-order valence-electron chi connectivity index (χ0n) is 10.5. The molecule has 1 aromatic rings. The van der Waals surface area contributed by atoms with E-state index in [0.717, 1.165) is 5.76 Å². The van der Waals surface area contributed by atoms with Crippen LogP contribution in [0.15, 0.2) is 22.8 Å². The van der Waals surface area contributed by atoms with Crippen molar-refractivity contribution in [3.05, 3.63) is 24.2 Å². The second kappa shape index (κ2) is 5.72. The van der Waals surface area contributed by atoms with Gasteiger partial charge in [-0.1, -0.05) is 0 Å². The fraction of sp³-hybridized carbons (Fsp3) is 0.583. The Balaban J connectivity index is 2.44. The first kappa shape index (κ1) is 13.6. The summed E-state index contributed by atoms with van der Waals surface area (Å²) in [7, 11) is 0. The summed E-state index contributed by atoms with van der Waals surface area (Å²) in [5, 5.41) is 2.72. The molecular weight excluding hydrogens is 220 g/mol. The molecule has 0 radical (unpaired) electrons. The van der Waals surface area contributed by atoms with E-state index in [9.17, 15) is 4.79 Å². The van der Waals surface area contributed by atoms with Crippen molar-refractivity contribution < 1.29 is 13.9 Å². The second-order valence-corrected chi connectivity index (χ2v) is 4.86. The van der Waals surface area contributed by atoms with Gasteiger partial charge in [0.05, 0.1) is 12.3 Å². The van der Waals surface area contributed by atoms with Crippen LogP contribution < -0.4 is 11.1 Å². The van der Waals surface area contributed by atoms with E-state index in [0.29, 0.717) is 13.0 Å². The van der Waals surface area contributed by atoms with Gasteiger partial charge in [-0.25, -0.2) is 4.79 Å². The van der Waals surface area contributed by atoms with Gasteiger partial charge < -0.3 is 20.2 Å². The molecule has 1 heterocycles. The number of amides is 1. The molecule has 3 N–H and O–H groups in total. The summed E-state index contributed by atoms with van der Waals surface area (Å²) in [4.78, 5) is 11.5. The van der Waals surface area contributed by atoms with Crippen molar-refractivity contribution in [1.29, 1.82) is 0 Å². The molecular formula is C12H20N2O3. The Kier molecular flexibility index (Phi) is 4.57. The topological polar surface area (TPSA) is 77.5 Å². The van der Waals surface area contributed by atoms with Gasteiger partial charge in [0, 0.05) is 13.0 Å². The quantitative estimate of drug-likeness (QED) is 0.839. The fourth-order valence-corrected chi connectivity index (χ4v) is 1.34. The lowest BCUT2D eigenvalue weighted by molar-refractivity contribution is 0.0505. The molecule has 17 heavy (non-hydrogen) atoms. The predicted molar refractivity (Wildman–Crippen MR) is 64.6 cm³/mol. The predicted octanol–water partition coefficient (Wildman–Crippen LogP) is 1.67. The van der Waals surface area contributed by atoms with Crippen molar-refractivity contribution in [1.82, 2.24) is 5.32 Å². The number of hydrogen-bond acceptors (Lipinski definition) is 4. The average molecular weight is 240 g/mol. The molecule has 0 aromatic carbocycles. The van der Waals surface area contributed by atoms with Crippen molar-refractivity contribution in [2.75, 3.05) is 6.54 Å². The Morgan fingerprint density at radius 3 is 2.76 bits per heavy atom. The van der Waals surface area contributed by atoms with E-state index in [4.69, 9.17) is 14.9 Å². The molecule has 0 aliphatic carbocycles. The van der Waals surface area contributed by atoms with Crippen molar-refractivity contribution in [3.63, 3.8) is 0 Å². The maximum atomic E-state index is 11.5. The van der Waals surface area contributed by atoms with Crippen LogP contribution in [0.25, 0.3) is 0 Å². The van der Waals surface area contributed by atoms with Crippen LogP contribution in [0.3, 0.4) is 0 Å². The number of nitrogens with two attached hydrogens (primary N) is 1. The summed E-state index contributed by atoms with van der Waals surface area (Å²) in [5.74, 6) is 0.788. The molecule has 1 atom stereocenters. The Morgan fingerprint density at radius 2 is 2.29 bits per heavy atom. The van der Waals surface area contributed by atoms with Gasteiger partial charge in [-0.15, -0.1) is 0 Å². The summed E-state index contributed by atoms with van der Waals surface area (Å²) in [6, 6.07) is 3.46. The molecule has 5 nitrogen and oxygen atoms in total. The number of alkyl carbamates (subject to hydrolysis) is 1. The molecule has 1 amide bonds. The number of ether oxygens (including phenoxy) is 1. The standard InChI is InChI=1S/C12H20N2O3/c1-12(2,3)17-11(15)14-9(8-13)7-10-5-4-6-16-10/h4-6,9H,7-8,13H2,1-3H3,(H,14,15). The monoisotopic (exact) mass is 240 g/mol. The summed E-state index contributed by atoms with van der Waals surface area (Å²) >= 11 is 0. The first-order valence-corrected chi connectivity index (χ1v) is 5.62. The van der Waals surface area contributed by atoms with E-state index in [1.54, 1.807) is 12.3 Å². The molecule has 0 saturated heterocycles. The van der Waals surface area contributed by atoms with Crippen LogP contribution >= 0.6 is 0 Å². The molecule has 1 rings (SSSR count). The normalized spacial score (nSPS) is 13.2. The summed E-state index contributed by atoms with van der Waals surface area (Å²) in [5.41, 5.74) is 5.08. The van der Waals surface area contributed by atoms with Crippen molar-refractivity contribution in [3.8, 4) is 0 Å². The lowest BCUT2D eigenvalue weighted by Gasteiger charge is -2.22. The Labute approximate surface area is 101 Å². The number of hydrogen-bond donors (Lipinski definition) is 2. The van der Waals surface area contributed by atoms with Crippen LogP contribution in [0.5, 0.6) is 0 Å². The van der Waals surface area contributed by atoms with Gasteiger partial charge in [-0.2, -0.15) is 0 Å². The van der Waals surface area contributed by atoms with Gasteiger partial charge in [0.1, 0.15) is 11.4 Å². The number of carbonyl (C=O) groups is 1. The maximum Gasteiger partial charge on any atom is 0.407 e. The van der Waals surface area contributed by atoms with Crippen molar-refractivity contribution >= 4 is 6.09 Å². The van der Waals surface area contributed by atoms with Gasteiger partial charge in [0.2, 0.25) is 0 Å². The minimum atomic E-state index is -0.506. The van der Waals surface area contributed by atoms with Gasteiger partial charge in [-0.05, 0) is 32.9 Å². The first-order chi connectivity index (χ1) is 7.90. The minimum absolute atomic E-state index is 0.184. The van der Waals surface area contributed by atoms with E-state index in [1.807, 2.05) is 26.8 Å². The number of carbonyl (C=O) groups excluding carboxylic acids is 1. The summed E-state index contributed by atoms with van der Waals surface area (Å²) in [6.45, 7) is 5.78.